The molecule has 0 saturated heterocycles. The lowest BCUT2D eigenvalue weighted by Gasteiger charge is -2.17. The molecule has 2 N–H and O–H groups in total. The van der Waals surface area contributed by atoms with E-state index in [1.54, 1.807) is 6.92 Å². The maximum atomic E-state index is 12.2. The van der Waals surface area contributed by atoms with Crippen molar-refractivity contribution in [1.29, 1.82) is 0 Å². The van der Waals surface area contributed by atoms with Crippen LogP contribution >= 0.6 is 0 Å². The molecular formula is C15H13F3N2O5. The van der Waals surface area contributed by atoms with Crippen molar-refractivity contribution >= 4 is 11.9 Å². The molecule has 0 aliphatic rings. The van der Waals surface area contributed by atoms with Gasteiger partial charge in [0.05, 0.1) is 18.2 Å². The van der Waals surface area contributed by atoms with Crippen LogP contribution in [0.3, 0.4) is 0 Å². The zero-order chi connectivity index (χ0) is 18.6. The monoisotopic (exact) mass is 358 g/mol. The summed E-state index contributed by atoms with van der Waals surface area (Å²) in [5.41, 5.74) is 0.759. The zero-order valence-corrected chi connectivity index (χ0v) is 12.8. The molecule has 0 aliphatic carbocycles. The van der Waals surface area contributed by atoms with E-state index in [9.17, 15) is 22.8 Å². The number of benzene rings is 1. The van der Waals surface area contributed by atoms with Gasteiger partial charge in [0.15, 0.2) is 0 Å². The number of ether oxygens (including phenoxy) is 1. The molecule has 1 unspecified atom stereocenters. The number of nitrogens with one attached hydrogen (secondary N) is 1. The van der Waals surface area contributed by atoms with Gasteiger partial charge >= 0.3 is 12.3 Å². The fourth-order valence-electron chi connectivity index (χ4n) is 2.03. The Labute approximate surface area is 139 Å². The van der Waals surface area contributed by atoms with Crippen LogP contribution in [0.5, 0.6) is 5.75 Å². The summed E-state index contributed by atoms with van der Waals surface area (Å²) in [5.74, 6) is -2.45. The van der Waals surface area contributed by atoms with Crippen molar-refractivity contribution in [3.8, 4) is 5.75 Å². The molecule has 0 aliphatic heterocycles. The third-order valence-electron chi connectivity index (χ3n) is 3.05. The Kier molecular flexibility index (Phi) is 5.30. The van der Waals surface area contributed by atoms with Crippen LogP contribution < -0.4 is 10.1 Å². The number of hydrogen-bond donors (Lipinski definition) is 2. The van der Waals surface area contributed by atoms with Crippen molar-refractivity contribution in [2.45, 2.75) is 25.7 Å². The normalized spacial score (nSPS) is 12.5. The van der Waals surface area contributed by atoms with Crippen molar-refractivity contribution in [1.82, 2.24) is 10.5 Å². The third-order valence-corrected chi connectivity index (χ3v) is 3.05. The number of aryl methyl sites for hydroxylation is 1. The number of carbonyl (C=O) groups is 2. The second-order valence-electron chi connectivity index (χ2n) is 5.07. The number of rotatable bonds is 6. The third kappa shape index (κ3) is 5.52. The second kappa shape index (κ2) is 7.24. The molecular weight excluding hydrogens is 345 g/mol. The van der Waals surface area contributed by atoms with Crippen LogP contribution in [0, 0.1) is 6.92 Å². The summed E-state index contributed by atoms with van der Waals surface area (Å²) in [6.45, 7) is 1.61. The number of hydrogen-bond acceptors (Lipinski definition) is 5. The highest BCUT2D eigenvalue weighted by Gasteiger charge is 2.31. The van der Waals surface area contributed by atoms with Gasteiger partial charge in [-0.25, -0.2) is 0 Å². The first-order valence-electron chi connectivity index (χ1n) is 6.96. The van der Waals surface area contributed by atoms with Gasteiger partial charge < -0.3 is 19.7 Å². The summed E-state index contributed by atoms with van der Waals surface area (Å²) in [4.78, 5) is 23.1. The predicted molar refractivity (Wildman–Crippen MR) is 76.8 cm³/mol. The SMILES string of the molecule is Cc1cc(C(=O)NC(CC(=O)O)c2ccc(OC(F)(F)F)cc2)on1. The van der Waals surface area contributed by atoms with E-state index < -0.39 is 36.5 Å². The number of carboxylic acids is 1. The molecule has 2 aromatic rings. The molecule has 0 saturated carbocycles. The van der Waals surface area contributed by atoms with Gasteiger partial charge in [-0.3, -0.25) is 9.59 Å². The van der Waals surface area contributed by atoms with Gasteiger partial charge in [-0.05, 0) is 24.6 Å². The van der Waals surface area contributed by atoms with Crippen molar-refractivity contribution in [3.05, 3.63) is 47.3 Å². The molecule has 1 atom stereocenters. The Morgan fingerprint density at radius 2 is 1.96 bits per heavy atom. The summed E-state index contributed by atoms with van der Waals surface area (Å²) in [7, 11) is 0. The van der Waals surface area contributed by atoms with Gasteiger partial charge in [0.25, 0.3) is 5.91 Å². The molecule has 25 heavy (non-hydrogen) atoms. The van der Waals surface area contributed by atoms with Crippen LogP contribution in [0.2, 0.25) is 0 Å². The lowest BCUT2D eigenvalue weighted by Crippen LogP contribution is -2.30. The molecule has 1 amide bonds. The molecule has 2 rings (SSSR count). The van der Waals surface area contributed by atoms with Crippen LogP contribution in [-0.4, -0.2) is 28.5 Å². The van der Waals surface area contributed by atoms with Crippen molar-refractivity contribution < 1.29 is 37.1 Å². The first-order chi connectivity index (χ1) is 11.6. The molecule has 0 fully saturated rings. The Morgan fingerprint density at radius 3 is 2.44 bits per heavy atom. The lowest BCUT2D eigenvalue weighted by molar-refractivity contribution is -0.274. The van der Waals surface area contributed by atoms with Gasteiger partial charge in [0, 0.05) is 6.07 Å². The minimum absolute atomic E-state index is 0.107. The van der Waals surface area contributed by atoms with Gasteiger partial charge in [-0.15, -0.1) is 13.2 Å². The van der Waals surface area contributed by atoms with Crippen LogP contribution in [-0.2, 0) is 4.79 Å². The summed E-state index contributed by atoms with van der Waals surface area (Å²) in [6, 6.07) is 4.93. The van der Waals surface area contributed by atoms with E-state index in [2.05, 4.69) is 15.2 Å². The molecule has 1 aromatic heterocycles. The number of amides is 1. The van der Waals surface area contributed by atoms with E-state index in [4.69, 9.17) is 9.63 Å². The number of carbonyl (C=O) groups excluding carboxylic acids is 1. The van der Waals surface area contributed by atoms with Crippen LogP contribution in [0.4, 0.5) is 13.2 Å². The molecule has 10 heteroatoms. The van der Waals surface area contributed by atoms with E-state index in [1.807, 2.05) is 0 Å². The number of carboxylic acid groups (broad SMARTS) is 1. The zero-order valence-electron chi connectivity index (χ0n) is 12.8. The molecule has 1 heterocycles. The molecule has 0 radical (unpaired) electrons. The van der Waals surface area contributed by atoms with Crippen LogP contribution in [0.1, 0.15) is 34.3 Å². The number of nitrogens with zero attached hydrogens (tertiary/aromatic N) is 1. The Balaban J connectivity index is 2.16. The standard InChI is InChI=1S/C15H13F3N2O5/c1-8-6-12(25-20-8)14(23)19-11(7-13(21)22)9-2-4-10(5-3-9)24-15(16,17)18/h2-6,11H,7H2,1H3,(H,19,23)(H,21,22). The van der Waals surface area contributed by atoms with E-state index in [-0.39, 0.29) is 5.76 Å². The topological polar surface area (TPSA) is 102 Å². The van der Waals surface area contributed by atoms with Crippen molar-refractivity contribution in [2.24, 2.45) is 0 Å². The number of halogens is 3. The smallest absolute Gasteiger partial charge is 0.481 e. The summed E-state index contributed by atoms with van der Waals surface area (Å²) >= 11 is 0. The molecule has 0 spiro atoms. The second-order valence-corrected chi connectivity index (χ2v) is 5.07. The van der Waals surface area contributed by atoms with E-state index >= 15 is 0 Å². The van der Waals surface area contributed by atoms with Gasteiger partial charge in [0.1, 0.15) is 5.75 Å². The molecule has 7 nitrogen and oxygen atoms in total. The Bertz CT molecular complexity index is 755. The average molecular weight is 358 g/mol. The maximum absolute atomic E-state index is 12.2. The summed E-state index contributed by atoms with van der Waals surface area (Å²) < 4.78 is 45.0. The van der Waals surface area contributed by atoms with Gasteiger partial charge in [-0.1, -0.05) is 17.3 Å². The number of aromatic nitrogens is 1. The fraction of sp³-hybridized carbons (Fsp3) is 0.267. The highest BCUT2D eigenvalue weighted by molar-refractivity contribution is 5.92. The van der Waals surface area contributed by atoms with Gasteiger partial charge in [-0.2, -0.15) is 0 Å². The lowest BCUT2D eigenvalue weighted by atomic mass is 10.0. The Hall–Kier alpha value is -3.04. The number of alkyl halides is 3. The highest BCUT2D eigenvalue weighted by Crippen LogP contribution is 2.25. The minimum Gasteiger partial charge on any atom is -0.481 e. The predicted octanol–water partition coefficient (Wildman–Crippen LogP) is 2.83. The van der Waals surface area contributed by atoms with Crippen LogP contribution in [0.15, 0.2) is 34.9 Å². The van der Waals surface area contributed by atoms with Crippen molar-refractivity contribution in [2.75, 3.05) is 0 Å². The number of aliphatic carboxylic acids is 1. The van der Waals surface area contributed by atoms with Gasteiger partial charge in [0.2, 0.25) is 5.76 Å². The molecule has 0 bridgehead atoms. The fourth-order valence-corrected chi connectivity index (χ4v) is 2.03. The summed E-state index contributed by atoms with van der Waals surface area (Å²) in [5, 5.41) is 15.0. The molecule has 1 aromatic carbocycles. The first kappa shape index (κ1) is 18.3. The largest absolute Gasteiger partial charge is 0.573 e. The van der Waals surface area contributed by atoms with Crippen LogP contribution in [0.25, 0.3) is 0 Å². The molecule has 134 valence electrons. The minimum atomic E-state index is -4.83. The van der Waals surface area contributed by atoms with E-state index in [1.165, 1.54) is 18.2 Å². The summed E-state index contributed by atoms with van der Waals surface area (Å²) in [6.07, 6.45) is -5.31. The van der Waals surface area contributed by atoms with E-state index in [0.29, 0.717) is 11.3 Å². The Morgan fingerprint density at radius 1 is 1.32 bits per heavy atom. The average Bonchev–Trinajstić information content (AvgIpc) is 2.92. The van der Waals surface area contributed by atoms with E-state index in [0.717, 1.165) is 12.1 Å². The van der Waals surface area contributed by atoms with Crippen molar-refractivity contribution in [3.63, 3.8) is 0 Å². The maximum Gasteiger partial charge on any atom is 0.573 e. The highest BCUT2D eigenvalue weighted by atomic mass is 19.4. The first-order valence-corrected chi connectivity index (χ1v) is 6.96. The quantitative estimate of drug-likeness (QED) is 0.823.